The van der Waals surface area contributed by atoms with Crippen molar-refractivity contribution in [3.05, 3.63) is 0 Å². The third kappa shape index (κ3) is 8.35. The van der Waals surface area contributed by atoms with Gasteiger partial charge in [-0.3, -0.25) is 0 Å². The summed E-state index contributed by atoms with van der Waals surface area (Å²) in [5, 5.41) is 0. The van der Waals surface area contributed by atoms with E-state index in [0.717, 1.165) is 19.1 Å². The Morgan fingerprint density at radius 3 is 2.23 bits per heavy atom. The third-order valence-corrected chi connectivity index (χ3v) is 2.62. The molecule has 0 spiro atoms. The van der Waals surface area contributed by atoms with E-state index in [1.807, 2.05) is 6.92 Å². The van der Waals surface area contributed by atoms with Crippen LogP contribution in [-0.4, -0.2) is 11.0 Å². The van der Waals surface area contributed by atoms with Gasteiger partial charge in [-0.1, -0.05) is 45.4 Å². The molecule has 78 valence electrons. The van der Waals surface area contributed by atoms with Crippen LogP contribution in [-0.2, 0) is 4.79 Å². The van der Waals surface area contributed by atoms with Crippen molar-refractivity contribution in [1.82, 2.24) is 0 Å². The smallest absolute Gasteiger partial charge is 0.135 e. The molecule has 0 N–H and O–H groups in total. The number of hydrogen-bond donors (Lipinski definition) is 1. The van der Waals surface area contributed by atoms with Crippen LogP contribution in [0.3, 0.4) is 0 Å². The van der Waals surface area contributed by atoms with E-state index < -0.39 is 4.75 Å². The predicted molar refractivity (Wildman–Crippen MR) is 61.4 cm³/mol. The number of rotatable bonds is 8. The van der Waals surface area contributed by atoms with E-state index >= 15 is 0 Å². The van der Waals surface area contributed by atoms with Gasteiger partial charge in [0, 0.05) is 0 Å². The van der Waals surface area contributed by atoms with E-state index in [2.05, 4.69) is 19.6 Å². The van der Waals surface area contributed by atoms with E-state index in [9.17, 15) is 4.79 Å². The van der Waals surface area contributed by atoms with Crippen molar-refractivity contribution in [3.63, 3.8) is 0 Å². The molecule has 1 atom stereocenters. The highest BCUT2D eigenvalue weighted by molar-refractivity contribution is 7.82. The van der Waals surface area contributed by atoms with E-state index in [-0.39, 0.29) is 0 Å². The Morgan fingerprint density at radius 2 is 1.69 bits per heavy atom. The Kier molecular flexibility index (Phi) is 7.44. The van der Waals surface area contributed by atoms with E-state index in [0.29, 0.717) is 0 Å². The lowest BCUT2D eigenvalue weighted by Gasteiger charge is -2.14. The van der Waals surface area contributed by atoms with Crippen LogP contribution in [0.2, 0.25) is 0 Å². The van der Waals surface area contributed by atoms with Crippen LogP contribution in [0.1, 0.15) is 58.8 Å². The van der Waals surface area contributed by atoms with Gasteiger partial charge >= 0.3 is 0 Å². The van der Waals surface area contributed by atoms with E-state index in [4.69, 9.17) is 0 Å². The molecular weight excluding hydrogens is 180 g/mol. The van der Waals surface area contributed by atoms with Crippen LogP contribution in [0.5, 0.6) is 0 Å². The molecule has 2 heteroatoms. The van der Waals surface area contributed by atoms with Crippen LogP contribution < -0.4 is 0 Å². The van der Waals surface area contributed by atoms with Gasteiger partial charge in [0.15, 0.2) is 0 Å². The number of unbranched alkanes of at least 4 members (excludes halogenated alkanes) is 5. The number of hydrogen-bond acceptors (Lipinski definition) is 2. The molecule has 0 bridgehead atoms. The Balaban J connectivity index is 3.20. The SMILES string of the molecule is CCCCCCCCC(C)(S)C=O. The normalized spacial score (nSPS) is 15.3. The van der Waals surface area contributed by atoms with Crippen molar-refractivity contribution >= 4 is 18.9 Å². The molecule has 0 saturated heterocycles. The maximum Gasteiger partial charge on any atom is 0.135 e. The van der Waals surface area contributed by atoms with Gasteiger partial charge in [0.1, 0.15) is 6.29 Å². The molecule has 0 saturated carbocycles. The van der Waals surface area contributed by atoms with Crippen molar-refractivity contribution < 1.29 is 4.79 Å². The van der Waals surface area contributed by atoms with Crippen molar-refractivity contribution in [2.24, 2.45) is 0 Å². The average molecular weight is 202 g/mol. The molecule has 13 heavy (non-hydrogen) atoms. The quantitative estimate of drug-likeness (QED) is 0.361. The molecule has 0 aromatic rings. The summed E-state index contributed by atoms with van der Waals surface area (Å²) in [6.07, 6.45) is 9.49. The third-order valence-electron chi connectivity index (χ3n) is 2.29. The van der Waals surface area contributed by atoms with Crippen molar-refractivity contribution in [2.75, 3.05) is 0 Å². The summed E-state index contributed by atoms with van der Waals surface area (Å²) >= 11 is 4.26. The fraction of sp³-hybridized carbons (Fsp3) is 0.909. The van der Waals surface area contributed by atoms with Gasteiger partial charge in [-0.05, 0) is 13.3 Å². The standard InChI is InChI=1S/C11H22OS/c1-3-4-5-6-7-8-9-11(2,13)10-12/h10,13H,3-9H2,1-2H3. The minimum Gasteiger partial charge on any atom is -0.302 e. The molecular formula is C11H22OS. The summed E-state index contributed by atoms with van der Waals surface area (Å²) in [5.41, 5.74) is 0. The lowest BCUT2D eigenvalue weighted by Crippen LogP contribution is -2.17. The Morgan fingerprint density at radius 1 is 1.15 bits per heavy atom. The molecule has 0 fully saturated rings. The lowest BCUT2D eigenvalue weighted by molar-refractivity contribution is -0.109. The minimum atomic E-state index is -0.398. The topological polar surface area (TPSA) is 17.1 Å². The summed E-state index contributed by atoms with van der Waals surface area (Å²) in [5.74, 6) is 0. The van der Waals surface area contributed by atoms with Crippen LogP contribution >= 0.6 is 12.6 Å². The first-order valence-corrected chi connectivity index (χ1v) is 5.76. The van der Waals surface area contributed by atoms with Gasteiger partial charge in [-0.25, -0.2) is 0 Å². The highest BCUT2D eigenvalue weighted by Gasteiger charge is 2.16. The van der Waals surface area contributed by atoms with Gasteiger partial charge in [0.2, 0.25) is 0 Å². The Hall–Kier alpha value is 0.0200. The summed E-state index contributed by atoms with van der Waals surface area (Å²) in [6, 6.07) is 0. The second kappa shape index (κ2) is 7.43. The maximum atomic E-state index is 10.5. The van der Waals surface area contributed by atoms with Gasteiger partial charge in [-0.15, -0.1) is 0 Å². The highest BCUT2D eigenvalue weighted by Crippen LogP contribution is 2.19. The van der Waals surface area contributed by atoms with E-state index in [1.165, 1.54) is 32.1 Å². The zero-order valence-electron chi connectivity index (χ0n) is 8.88. The van der Waals surface area contributed by atoms with Gasteiger partial charge in [0.25, 0.3) is 0 Å². The summed E-state index contributed by atoms with van der Waals surface area (Å²) < 4.78 is -0.398. The molecule has 0 heterocycles. The molecule has 0 aliphatic carbocycles. The van der Waals surface area contributed by atoms with Crippen LogP contribution in [0.4, 0.5) is 0 Å². The molecule has 0 aliphatic heterocycles. The first-order chi connectivity index (χ1) is 6.12. The number of carbonyl (C=O) groups excluding carboxylic acids is 1. The second-order valence-electron chi connectivity index (χ2n) is 3.99. The van der Waals surface area contributed by atoms with Gasteiger partial charge in [0.05, 0.1) is 4.75 Å². The highest BCUT2D eigenvalue weighted by atomic mass is 32.1. The molecule has 0 aromatic carbocycles. The number of carbonyl (C=O) groups is 1. The van der Waals surface area contributed by atoms with Crippen molar-refractivity contribution in [3.8, 4) is 0 Å². The first-order valence-electron chi connectivity index (χ1n) is 5.31. The maximum absolute atomic E-state index is 10.5. The molecule has 0 radical (unpaired) electrons. The zero-order valence-corrected chi connectivity index (χ0v) is 9.78. The Labute approximate surface area is 87.7 Å². The van der Waals surface area contributed by atoms with Crippen molar-refractivity contribution in [2.45, 2.75) is 63.5 Å². The summed E-state index contributed by atoms with van der Waals surface area (Å²) in [7, 11) is 0. The van der Waals surface area contributed by atoms with Crippen molar-refractivity contribution in [1.29, 1.82) is 0 Å². The zero-order chi connectivity index (χ0) is 10.2. The monoisotopic (exact) mass is 202 g/mol. The minimum absolute atomic E-state index is 0.398. The molecule has 1 unspecified atom stereocenters. The fourth-order valence-corrected chi connectivity index (χ4v) is 1.48. The van der Waals surface area contributed by atoms with Crippen LogP contribution in [0, 0.1) is 0 Å². The summed E-state index contributed by atoms with van der Waals surface area (Å²) in [6.45, 7) is 4.10. The largest absolute Gasteiger partial charge is 0.302 e. The molecule has 0 rings (SSSR count). The molecule has 1 nitrogen and oxygen atoms in total. The summed E-state index contributed by atoms with van der Waals surface area (Å²) in [4.78, 5) is 10.5. The second-order valence-corrected chi connectivity index (χ2v) is 5.01. The van der Waals surface area contributed by atoms with Crippen LogP contribution in [0.25, 0.3) is 0 Å². The van der Waals surface area contributed by atoms with Crippen LogP contribution in [0.15, 0.2) is 0 Å². The Bertz CT molecular complexity index is 132. The van der Waals surface area contributed by atoms with Gasteiger partial charge < -0.3 is 4.79 Å². The first kappa shape index (κ1) is 13.0. The van der Waals surface area contributed by atoms with E-state index in [1.54, 1.807) is 0 Å². The van der Waals surface area contributed by atoms with Gasteiger partial charge in [-0.2, -0.15) is 12.6 Å². The fourth-order valence-electron chi connectivity index (χ4n) is 1.32. The lowest BCUT2D eigenvalue weighted by atomic mass is 10.0. The molecule has 0 aromatic heterocycles. The number of thiol groups is 1. The molecule has 0 aliphatic rings. The predicted octanol–water partition coefficient (Wildman–Crippen LogP) is 3.62. The average Bonchev–Trinajstić information content (AvgIpc) is 2.11. The number of aldehydes is 1. The molecule has 0 amide bonds.